The second kappa shape index (κ2) is 4.14. The van der Waals surface area contributed by atoms with Gasteiger partial charge >= 0.3 is 6.09 Å². The van der Waals surface area contributed by atoms with Crippen molar-refractivity contribution in [2.24, 2.45) is 5.73 Å². The highest BCUT2D eigenvalue weighted by molar-refractivity contribution is 5.67. The van der Waals surface area contributed by atoms with E-state index in [2.05, 4.69) is 10.9 Å². The first-order valence-electron chi connectivity index (χ1n) is 4.87. The number of hydrazine groups is 1. The van der Waals surface area contributed by atoms with Crippen LogP contribution in [-0.4, -0.2) is 23.8 Å². The van der Waals surface area contributed by atoms with Gasteiger partial charge in [-0.1, -0.05) is 0 Å². The Morgan fingerprint density at radius 1 is 1.43 bits per heavy atom. The molecule has 5 heteroatoms. The van der Waals surface area contributed by atoms with Crippen molar-refractivity contribution in [1.82, 2.24) is 10.9 Å². The van der Waals surface area contributed by atoms with Crippen LogP contribution in [0.2, 0.25) is 0 Å². The molecule has 0 aromatic carbocycles. The van der Waals surface area contributed by atoms with E-state index in [1.165, 1.54) is 0 Å². The Bertz CT molecular complexity index is 207. The van der Waals surface area contributed by atoms with Gasteiger partial charge in [-0.05, 0) is 33.6 Å². The Kier molecular flexibility index (Phi) is 3.34. The molecule has 0 unspecified atom stereocenters. The molecule has 5 nitrogen and oxygen atoms in total. The van der Waals surface area contributed by atoms with E-state index in [0.29, 0.717) is 0 Å². The van der Waals surface area contributed by atoms with Crippen LogP contribution < -0.4 is 16.6 Å². The van der Waals surface area contributed by atoms with Gasteiger partial charge in [0.25, 0.3) is 0 Å². The first kappa shape index (κ1) is 11.3. The maximum atomic E-state index is 11.2. The maximum absolute atomic E-state index is 11.2. The summed E-state index contributed by atoms with van der Waals surface area (Å²) in [4.78, 5) is 11.2. The summed E-state index contributed by atoms with van der Waals surface area (Å²) in [6.45, 7) is 5.48. The number of carbonyl (C=O) groups is 1. The fourth-order valence-electron chi connectivity index (χ4n) is 1.24. The highest BCUT2D eigenvalue weighted by Crippen LogP contribution is 2.16. The molecule has 82 valence electrons. The smallest absolute Gasteiger partial charge is 0.422 e. The molecular weight excluding hydrogens is 182 g/mol. The minimum Gasteiger partial charge on any atom is -0.443 e. The van der Waals surface area contributed by atoms with Gasteiger partial charge in [0.1, 0.15) is 5.60 Å². The van der Waals surface area contributed by atoms with Crippen molar-refractivity contribution in [2.45, 2.75) is 51.3 Å². The van der Waals surface area contributed by atoms with Crippen molar-refractivity contribution in [1.29, 1.82) is 0 Å². The number of nitrogens with two attached hydrogens (primary N) is 1. The molecule has 0 heterocycles. The zero-order valence-corrected chi connectivity index (χ0v) is 8.96. The van der Waals surface area contributed by atoms with Crippen molar-refractivity contribution in [3.63, 3.8) is 0 Å². The molecule has 0 atom stereocenters. The summed E-state index contributed by atoms with van der Waals surface area (Å²) in [5, 5.41) is 0. The number of hydrogen-bond acceptors (Lipinski definition) is 4. The first-order valence-corrected chi connectivity index (χ1v) is 4.87. The molecule has 0 aromatic rings. The average molecular weight is 201 g/mol. The predicted octanol–water partition coefficient (Wildman–Crippen LogP) is 0.505. The van der Waals surface area contributed by atoms with Gasteiger partial charge in [0.05, 0.1) is 0 Å². The molecule has 1 rings (SSSR count). The van der Waals surface area contributed by atoms with Crippen LogP contribution in [0.25, 0.3) is 0 Å². The van der Waals surface area contributed by atoms with Crippen LogP contribution in [0, 0.1) is 0 Å². The van der Waals surface area contributed by atoms with Gasteiger partial charge in [0.15, 0.2) is 0 Å². The summed E-state index contributed by atoms with van der Waals surface area (Å²) in [5.74, 6) is 0. The molecule has 1 saturated carbocycles. The average Bonchev–Trinajstić information content (AvgIpc) is 1.92. The minimum absolute atomic E-state index is 0.271. The maximum Gasteiger partial charge on any atom is 0.422 e. The van der Waals surface area contributed by atoms with E-state index >= 15 is 0 Å². The molecule has 1 aliphatic rings. The van der Waals surface area contributed by atoms with Crippen molar-refractivity contribution < 1.29 is 9.53 Å². The van der Waals surface area contributed by atoms with Gasteiger partial charge in [0, 0.05) is 12.1 Å². The van der Waals surface area contributed by atoms with Gasteiger partial charge in [-0.25, -0.2) is 10.2 Å². The molecule has 0 aliphatic heterocycles. The van der Waals surface area contributed by atoms with Crippen LogP contribution >= 0.6 is 0 Å². The fraction of sp³-hybridized carbons (Fsp3) is 0.889. The van der Waals surface area contributed by atoms with Crippen LogP contribution in [-0.2, 0) is 4.74 Å². The molecule has 0 spiro atoms. The van der Waals surface area contributed by atoms with Crippen LogP contribution in [0.4, 0.5) is 4.79 Å². The molecule has 1 amide bonds. The summed E-state index contributed by atoms with van der Waals surface area (Å²) >= 11 is 0. The summed E-state index contributed by atoms with van der Waals surface area (Å²) in [7, 11) is 0. The van der Waals surface area contributed by atoms with E-state index in [-0.39, 0.29) is 12.1 Å². The third-order valence-electron chi connectivity index (χ3n) is 1.95. The van der Waals surface area contributed by atoms with E-state index in [9.17, 15) is 4.79 Å². The summed E-state index contributed by atoms with van der Waals surface area (Å²) in [5.41, 5.74) is 10.5. The van der Waals surface area contributed by atoms with Crippen molar-refractivity contribution >= 4 is 6.09 Å². The summed E-state index contributed by atoms with van der Waals surface area (Å²) in [6, 6.07) is 0.561. The zero-order chi connectivity index (χ0) is 10.8. The number of hydrogen-bond donors (Lipinski definition) is 3. The third kappa shape index (κ3) is 3.93. The van der Waals surface area contributed by atoms with Gasteiger partial charge in [-0.15, -0.1) is 0 Å². The van der Waals surface area contributed by atoms with E-state index in [1.54, 1.807) is 0 Å². The quantitative estimate of drug-likeness (QED) is 0.569. The second-order valence-electron chi connectivity index (χ2n) is 4.70. The molecule has 4 N–H and O–H groups in total. The van der Waals surface area contributed by atoms with Crippen molar-refractivity contribution in [3.05, 3.63) is 0 Å². The second-order valence-corrected chi connectivity index (χ2v) is 4.70. The van der Waals surface area contributed by atoms with Crippen LogP contribution in [0.15, 0.2) is 0 Å². The van der Waals surface area contributed by atoms with Gasteiger partial charge in [-0.3, -0.25) is 5.43 Å². The lowest BCUT2D eigenvalue weighted by atomic mass is 9.88. The number of ether oxygens (including phenoxy) is 1. The lowest BCUT2D eigenvalue weighted by molar-refractivity contribution is 0.0472. The Hall–Kier alpha value is -0.810. The molecule has 1 aliphatic carbocycles. The molecule has 0 bridgehead atoms. The Balaban J connectivity index is 2.10. The Morgan fingerprint density at radius 3 is 2.43 bits per heavy atom. The van der Waals surface area contributed by atoms with E-state index in [0.717, 1.165) is 12.8 Å². The largest absolute Gasteiger partial charge is 0.443 e. The predicted molar refractivity (Wildman–Crippen MR) is 53.5 cm³/mol. The number of amides is 1. The highest BCUT2D eigenvalue weighted by Gasteiger charge is 2.26. The Morgan fingerprint density at radius 2 is 2.00 bits per heavy atom. The van der Waals surface area contributed by atoms with Crippen molar-refractivity contribution in [3.8, 4) is 0 Å². The van der Waals surface area contributed by atoms with Gasteiger partial charge in [-0.2, -0.15) is 0 Å². The standard InChI is InChI=1S/C9H19N3O2/c1-9(2,3)14-8(13)12-11-7-4-6(10)5-7/h6-7,11H,4-5,10H2,1-3H3,(H,12,13). The highest BCUT2D eigenvalue weighted by atomic mass is 16.6. The van der Waals surface area contributed by atoms with E-state index in [4.69, 9.17) is 10.5 Å². The lowest BCUT2D eigenvalue weighted by Gasteiger charge is -2.33. The molecule has 0 aromatic heterocycles. The normalized spacial score (nSPS) is 26.6. The number of carbonyl (C=O) groups excluding carboxylic acids is 1. The third-order valence-corrected chi connectivity index (χ3v) is 1.95. The molecule has 14 heavy (non-hydrogen) atoms. The summed E-state index contributed by atoms with van der Waals surface area (Å²) in [6.07, 6.45) is 1.35. The Labute approximate surface area is 84.3 Å². The topological polar surface area (TPSA) is 76.4 Å². The van der Waals surface area contributed by atoms with E-state index in [1.807, 2.05) is 20.8 Å². The molecular formula is C9H19N3O2. The van der Waals surface area contributed by atoms with Gasteiger partial charge < -0.3 is 10.5 Å². The van der Waals surface area contributed by atoms with Crippen LogP contribution in [0.5, 0.6) is 0 Å². The van der Waals surface area contributed by atoms with Gasteiger partial charge in [0.2, 0.25) is 0 Å². The van der Waals surface area contributed by atoms with Crippen LogP contribution in [0.3, 0.4) is 0 Å². The SMILES string of the molecule is CC(C)(C)OC(=O)NNC1CC(N)C1. The molecule has 0 saturated heterocycles. The van der Waals surface area contributed by atoms with Crippen molar-refractivity contribution in [2.75, 3.05) is 0 Å². The fourth-order valence-corrected chi connectivity index (χ4v) is 1.24. The van der Waals surface area contributed by atoms with E-state index < -0.39 is 11.7 Å². The zero-order valence-electron chi connectivity index (χ0n) is 8.96. The van der Waals surface area contributed by atoms with Crippen LogP contribution in [0.1, 0.15) is 33.6 Å². The monoisotopic (exact) mass is 201 g/mol. The number of nitrogens with one attached hydrogen (secondary N) is 2. The number of rotatable bonds is 2. The summed E-state index contributed by atoms with van der Waals surface area (Å²) < 4.78 is 5.04. The molecule has 1 fully saturated rings. The lowest BCUT2D eigenvalue weighted by Crippen LogP contribution is -2.55. The molecule has 0 radical (unpaired) electrons. The minimum atomic E-state index is -0.457. The first-order chi connectivity index (χ1) is 6.37.